The summed E-state index contributed by atoms with van der Waals surface area (Å²) < 4.78 is 34.2. The number of nitrogens with zero attached hydrogens (tertiary/aromatic N) is 4. The van der Waals surface area contributed by atoms with Crippen molar-refractivity contribution in [3.05, 3.63) is 82.7 Å². The molecule has 0 bridgehead atoms. The number of guanidine groups is 1. The summed E-state index contributed by atoms with van der Waals surface area (Å²) in [5.74, 6) is 1.19. The van der Waals surface area contributed by atoms with Crippen LogP contribution in [-0.4, -0.2) is 37.0 Å². The molecule has 0 spiro atoms. The van der Waals surface area contributed by atoms with Crippen molar-refractivity contribution in [2.75, 3.05) is 17.2 Å². The molecule has 0 aliphatic carbocycles. The van der Waals surface area contributed by atoms with E-state index in [0.717, 1.165) is 35.4 Å². The molecule has 0 saturated heterocycles. The third-order valence-electron chi connectivity index (χ3n) is 6.02. The molecular formula is C26H29N5O2S3. The maximum absolute atomic E-state index is 13.9. The highest BCUT2D eigenvalue weighted by Crippen LogP contribution is 2.34. The first-order valence-electron chi connectivity index (χ1n) is 11.8. The summed E-state index contributed by atoms with van der Waals surface area (Å²) in [5, 5.41) is 11.3. The van der Waals surface area contributed by atoms with Crippen molar-refractivity contribution in [1.29, 1.82) is 5.26 Å². The van der Waals surface area contributed by atoms with Gasteiger partial charge in [0.25, 0.3) is 10.0 Å². The number of nitriles is 1. The number of fused-ring (bicyclic) bond motifs is 1. The van der Waals surface area contributed by atoms with Crippen LogP contribution < -0.4 is 10.6 Å². The van der Waals surface area contributed by atoms with E-state index in [2.05, 4.69) is 17.4 Å². The highest BCUT2D eigenvalue weighted by molar-refractivity contribution is 7.98. The lowest BCUT2D eigenvalue weighted by molar-refractivity contribution is 0.323. The lowest BCUT2D eigenvalue weighted by Gasteiger charge is -2.31. The molecule has 1 aliphatic heterocycles. The Morgan fingerprint density at radius 1 is 1.22 bits per heavy atom. The van der Waals surface area contributed by atoms with E-state index < -0.39 is 16.1 Å². The fraction of sp³-hybridized carbons (Fsp3) is 0.308. The predicted molar refractivity (Wildman–Crippen MR) is 148 cm³/mol. The molecule has 3 aromatic rings. The first-order chi connectivity index (χ1) is 17.4. The number of hydrogen-bond acceptors (Lipinski definition) is 6. The largest absolute Gasteiger partial charge is 0.369 e. The fourth-order valence-corrected chi connectivity index (χ4v) is 7.64. The third-order valence-corrected chi connectivity index (χ3v) is 10.1. The number of thiophene rings is 1. The molecule has 7 nitrogen and oxygen atoms in total. The second-order valence-corrected chi connectivity index (χ2v) is 12.4. The molecule has 1 aromatic heterocycles. The van der Waals surface area contributed by atoms with E-state index in [9.17, 15) is 13.7 Å². The van der Waals surface area contributed by atoms with Crippen LogP contribution in [0.5, 0.6) is 0 Å². The first kappa shape index (κ1) is 26.2. The van der Waals surface area contributed by atoms with Crippen LogP contribution >= 0.6 is 23.3 Å². The molecular weight excluding hydrogens is 511 g/mol. The Morgan fingerprint density at radius 3 is 2.72 bits per heavy atom. The topological polar surface area (TPSA) is 103 Å². The average Bonchev–Trinajstić information content (AvgIpc) is 3.39. The summed E-state index contributed by atoms with van der Waals surface area (Å²) in [7, 11) is -3.79. The van der Waals surface area contributed by atoms with Gasteiger partial charge in [0.1, 0.15) is 4.21 Å². The zero-order valence-electron chi connectivity index (χ0n) is 20.1. The predicted octanol–water partition coefficient (Wildman–Crippen LogP) is 5.00. The van der Waals surface area contributed by atoms with E-state index in [1.807, 2.05) is 41.3 Å². The van der Waals surface area contributed by atoms with Gasteiger partial charge in [0.2, 0.25) is 5.96 Å². The highest BCUT2D eigenvalue weighted by Gasteiger charge is 2.37. The molecule has 4 rings (SSSR count). The van der Waals surface area contributed by atoms with Gasteiger partial charge in [-0.05, 0) is 65.6 Å². The van der Waals surface area contributed by atoms with Crippen LogP contribution in [0.2, 0.25) is 0 Å². The Bertz CT molecular complexity index is 1340. The molecule has 2 heterocycles. The Hall–Kier alpha value is -2.84. The molecule has 188 valence electrons. The van der Waals surface area contributed by atoms with Crippen LogP contribution in [0.15, 0.2) is 74.7 Å². The van der Waals surface area contributed by atoms with E-state index in [1.165, 1.54) is 23.3 Å². The number of rotatable bonds is 8. The monoisotopic (exact) mass is 539 g/mol. The van der Waals surface area contributed by atoms with E-state index >= 15 is 0 Å². The normalized spacial score (nSPS) is 16.8. The minimum Gasteiger partial charge on any atom is -0.369 e. The van der Waals surface area contributed by atoms with Crippen molar-refractivity contribution in [3.63, 3.8) is 0 Å². The van der Waals surface area contributed by atoms with E-state index in [0.29, 0.717) is 28.7 Å². The van der Waals surface area contributed by atoms with Crippen LogP contribution in [0.4, 0.5) is 5.69 Å². The Kier molecular flexibility index (Phi) is 8.69. The maximum Gasteiger partial charge on any atom is 0.253 e. The zero-order chi connectivity index (χ0) is 25.5. The number of nitrogens with two attached hydrogens (primary N) is 1. The third kappa shape index (κ3) is 5.93. The number of anilines is 1. The summed E-state index contributed by atoms with van der Waals surface area (Å²) in [4.78, 5) is 1.90. The summed E-state index contributed by atoms with van der Waals surface area (Å²) >= 11 is 2.62. The van der Waals surface area contributed by atoms with Gasteiger partial charge in [0, 0.05) is 30.6 Å². The van der Waals surface area contributed by atoms with Gasteiger partial charge in [-0.3, -0.25) is 0 Å². The summed E-state index contributed by atoms with van der Waals surface area (Å²) in [5.41, 5.74) is 9.51. The molecule has 0 fully saturated rings. The maximum atomic E-state index is 13.9. The highest BCUT2D eigenvalue weighted by atomic mass is 32.2. The first-order valence-corrected chi connectivity index (χ1v) is 15.1. The van der Waals surface area contributed by atoms with Crippen molar-refractivity contribution >= 4 is 45.0 Å². The Labute approximate surface area is 221 Å². The van der Waals surface area contributed by atoms with Crippen LogP contribution in [0, 0.1) is 11.3 Å². The van der Waals surface area contributed by atoms with E-state index in [-0.39, 0.29) is 6.54 Å². The SMILES string of the molecule is CCCCS/N=C(\N)N1C[C@@H](Cc2ccccc2)N(S(=O)(=O)c2cccs2)Cc2cc(C#N)ccc21. The van der Waals surface area contributed by atoms with Gasteiger partial charge in [0.05, 0.1) is 11.6 Å². The van der Waals surface area contributed by atoms with Crippen molar-refractivity contribution in [2.24, 2.45) is 10.1 Å². The molecule has 0 radical (unpaired) electrons. The molecule has 0 unspecified atom stereocenters. The van der Waals surface area contributed by atoms with Crippen molar-refractivity contribution in [1.82, 2.24) is 4.31 Å². The van der Waals surface area contributed by atoms with Gasteiger partial charge < -0.3 is 10.6 Å². The molecule has 0 amide bonds. The quantitative estimate of drug-likeness (QED) is 0.187. The van der Waals surface area contributed by atoms with Crippen LogP contribution in [0.1, 0.15) is 36.5 Å². The second-order valence-electron chi connectivity index (χ2n) is 8.53. The minimum atomic E-state index is -3.79. The Balaban J connectivity index is 1.80. The Morgan fingerprint density at radius 2 is 2.03 bits per heavy atom. The van der Waals surface area contributed by atoms with Crippen LogP contribution in [0.3, 0.4) is 0 Å². The van der Waals surface area contributed by atoms with Gasteiger partial charge in [-0.25, -0.2) is 8.42 Å². The van der Waals surface area contributed by atoms with Crippen molar-refractivity contribution in [2.45, 2.75) is 43.0 Å². The van der Waals surface area contributed by atoms with Gasteiger partial charge in [-0.1, -0.05) is 49.7 Å². The number of sulfonamides is 1. The van der Waals surface area contributed by atoms with Crippen LogP contribution in [-0.2, 0) is 23.0 Å². The molecule has 0 saturated carbocycles. The lowest BCUT2D eigenvalue weighted by Crippen LogP contribution is -2.48. The number of benzene rings is 2. The van der Waals surface area contributed by atoms with Gasteiger partial charge in [-0.2, -0.15) is 14.0 Å². The molecule has 1 aliphatic rings. The van der Waals surface area contributed by atoms with Crippen molar-refractivity contribution < 1.29 is 8.42 Å². The van der Waals surface area contributed by atoms with Gasteiger partial charge in [0.15, 0.2) is 0 Å². The fourth-order valence-electron chi connectivity index (χ4n) is 4.19. The van der Waals surface area contributed by atoms with Crippen molar-refractivity contribution in [3.8, 4) is 6.07 Å². The standard InChI is InChI=1S/C26H29N5O2S3/c1-2-3-14-35-29-26(28)30-19-23(16-20-8-5-4-6-9-20)31(36(32,33)25-10-7-13-34-25)18-22-15-21(17-27)11-12-24(22)30/h4-13,15,23H,2-3,14,16,18-19H2,1H3,(H2,28,29)/t23-/m1/s1. The number of hydrogen-bond donors (Lipinski definition) is 1. The molecule has 10 heteroatoms. The van der Waals surface area contributed by atoms with Gasteiger partial charge in [-0.15, -0.1) is 11.3 Å². The molecule has 1 atom stereocenters. The molecule has 36 heavy (non-hydrogen) atoms. The van der Waals surface area contributed by atoms with Gasteiger partial charge >= 0.3 is 0 Å². The minimum absolute atomic E-state index is 0.134. The smallest absolute Gasteiger partial charge is 0.253 e. The zero-order valence-corrected chi connectivity index (χ0v) is 22.5. The average molecular weight is 540 g/mol. The lowest BCUT2D eigenvalue weighted by atomic mass is 10.1. The van der Waals surface area contributed by atoms with E-state index in [4.69, 9.17) is 5.73 Å². The van der Waals surface area contributed by atoms with E-state index in [1.54, 1.807) is 34.0 Å². The number of unbranched alkanes of at least 4 members (excludes halogenated alkanes) is 1. The second kappa shape index (κ2) is 11.9. The molecule has 2 aromatic carbocycles. The summed E-state index contributed by atoms with van der Waals surface area (Å²) in [6, 6.07) is 20.3. The molecule has 2 N–H and O–H groups in total. The summed E-state index contributed by atoms with van der Waals surface area (Å²) in [6.45, 7) is 2.60. The van der Waals surface area contributed by atoms with Crippen LogP contribution in [0.25, 0.3) is 0 Å². The summed E-state index contributed by atoms with van der Waals surface area (Å²) in [6.07, 6.45) is 2.62.